The van der Waals surface area contributed by atoms with Gasteiger partial charge < -0.3 is 5.73 Å². The Labute approximate surface area is 174 Å². The van der Waals surface area contributed by atoms with Crippen LogP contribution in [0.25, 0.3) is 10.8 Å². The van der Waals surface area contributed by atoms with Gasteiger partial charge in [0.2, 0.25) is 0 Å². The van der Waals surface area contributed by atoms with Gasteiger partial charge in [-0.3, -0.25) is 4.99 Å². The smallest absolute Gasteiger partial charge is 0.115 e. The van der Waals surface area contributed by atoms with Gasteiger partial charge in [0.25, 0.3) is 0 Å². The minimum absolute atomic E-state index is 0.126. The summed E-state index contributed by atoms with van der Waals surface area (Å²) >= 11 is 7.40. The fourth-order valence-electron chi connectivity index (χ4n) is 3.51. The van der Waals surface area contributed by atoms with Crippen LogP contribution in [-0.4, -0.2) is 22.3 Å². The molecule has 142 valence electrons. The lowest BCUT2D eigenvalue weighted by atomic mass is 9.86. The van der Waals surface area contributed by atoms with Crippen LogP contribution in [0.1, 0.15) is 25.0 Å². The first kappa shape index (κ1) is 19.0. The number of thioether (sulfide) groups is 1. The summed E-state index contributed by atoms with van der Waals surface area (Å²) in [6.07, 6.45) is 0.944. The summed E-state index contributed by atoms with van der Waals surface area (Å²) in [5.41, 5.74) is 9.01. The van der Waals surface area contributed by atoms with Gasteiger partial charge in [-0.2, -0.15) is 0 Å². The van der Waals surface area contributed by atoms with Gasteiger partial charge in [0.15, 0.2) is 0 Å². The molecule has 0 fully saturated rings. The summed E-state index contributed by atoms with van der Waals surface area (Å²) in [5.74, 6) is 0.647. The lowest BCUT2D eigenvalue weighted by Gasteiger charge is -2.29. The van der Waals surface area contributed by atoms with E-state index >= 15 is 0 Å². The van der Waals surface area contributed by atoms with Crippen LogP contribution in [0.5, 0.6) is 0 Å². The van der Waals surface area contributed by atoms with Crippen LogP contribution in [0.15, 0.2) is 75.5 Å². The molecule has 3 aromatic rings. The molecule has 28 heavy (non-hydrogen) atoms. The van der Waals surface area contributed by atoms with Gasteiger partial charge >= 0.3 is 0 Å². The summed E-state index contributed by atoms with van der Waals surface area (Å²) in [5, 5.41) is 3.67. The van der Waals surface area contributed by atoms with Crippen molar-refractivity contribution < 1.29 is 0 Å². The highest BCUT2D eigenvalue weighted by molar-refractivity contribution is 8.14. The molecular formula is C23H22ClN3S. The summed E-state index contributed by atoms with van der Waals surface area (Å²) < 4.78 is 0. The third-order valence-electron chi connectivity index (χ3n) is 4.75. The number of benzene rings is 3. The fraction of sp³-hybridized carbons (Fsp3) is 0.217. The molecule has 0 saturated heterocycles. The Morgan fingerprint density at radius 2 is 1.86 bits per heavy atom. The Bertz CT molecular complexity index is 1080. The highest BCUT2D eigenvalue weighted by Crippen LogP contribution is 2.37. The van der Waals surface area contributed by atoms with E-state index in [2.05, 4.69) is 67.4 Å². The van der Waals surface area contributed by atoms with Crippen molar-refractivity contribution in [3.8, 4) is 0 Å². The second kappa shape index (κ2) is 7.61. The number of rotatable bonds is 3. The lowest BCUT2D eigenvalue weighted by Crippen LogP contribution is -2.28. The highest BCUT2D eigenvalue weighted by atomic mass is 35.5. The molecule has 2 N–H and O–H groups in total. The van der Waals surface area contributed by atoms with E-state index in [1.807, 2.05) is 12.1 Å². The number of hydrogen-bond donors (Lipinski definition) is 1. The van der Waals surface area contributed by atoms with Crippen molar-refractivity contribution >= 4 is 50.7 Å². The van der Waals surface area contributed by atoms with E-state index in [0.717, 1.165) is 22.0 Å². The van der Waals surface area contributed by atoms with Crippen LogP contribution in [0.4, 0.5) is 5.69 Å². The van der Waals surface area contributed by atoms with Gasteiger partial charge in [-0.15, -0.1) is 11.6 Å². The zero-order chi connectivity index (χ0) is 19.7. The zero-order valence-electron chi connectivity index (χ0n) is 15.9. The SMILES string of the molecule is CC1(C)Cc2c(ccc3ccccc23)C(Sc2ccc(N=C(N)CCl)cc2)=N1. The number of nitrogens with zero attached hydrogens (tertiary/aromatic N) is 2. The first-order valence-corrected chi connectivity index (χ1v) is 10.6. The van der Waals surface area contributed by atoms with Crippen molar-refractivity contribution in [1.82, 2.24) is 0 Å². The average molecular weight is 408 g/mol. The topological polar surface area (TPSA) is 50.7 Å². The normalized spacial score (nSPS) is 16.0. The fourth-order valence-corrected chi connectivity index (χ4v) is 4.66. The molecule has 5 heteroatoms. The van der Waals surface area contributed by atoms with Crippen molar-refractivity contribution in [2.75, 3.05) is 5.88 Å². The Kier molecular flexibility index (Phi) is 5.17. The third-order valence-corrected chi connectivity index (χ3v) is 6.03. The van der Waals surface area contributed by atoms with Crippen molar-refractivity contribution in [2.45, 2.75) is 30.7 Å². The molecule has 0 unspecified atom stereocenters. The number of aliphatic imine (C=N–C) groups is 2. The molecule has 4 rings (SSSR count). The van der Waals surface area contributed by atoms with E-state index in [9.17, 15) is 0 Å². The van der Waals surface area contributed by atoms with E-state index < -0.39 is 0 Å². The molecule has 3 aromatic carbocycles. The molecule has 0 spiro atoms. The molecule has 1 aliphatic rings. The maximum atomic E-state index is 5.71. The van der Waals surface area contributed by atoms with Crippen LogP contribution >= 0.6 is 23.4 Å². The molecule has 1 heterocycles. The van der Waals surface area contributed by atoms with Gasteiger partial charge in [-0.1, -0.05) is 48.2 Å². The van der Waals surface area contributed by atoms with Crippen molar-refractivity contribution in [3.63, 3.8) is 0 Å². The van der Waals surface area contributed by atoms with Crippen LogP contribution in [0.3, 0.4) is 0 Å². The molecule has 0 aromatic heterocycles. The number of alkyl halides is 1. The maximum absolute atomic E-state index is 5.71. The summed E-state index contributed by atoms with van der Waals surface area (Å²) in [4.78, 5) is 10.5. The lowest BCUT2D eigenvalue weighted by molar-refractivity contribution is 0.517. The van der Waals surface area contributed by atoms with Crippen molar-refractivity contribution in [2.24, 2.45) is 15.7 Å². The van der Waals surface area contributed by atoms with Crippen LogP contribution < -0.4 is 5.73 Å². The first-order chi connectivity index (χ1) is 13.4. The number of halogens is 1. The largest absolute Gasteiger partial charge is 0.386 e. The molecule has 0 aliphatic carbocycles. The second-order valence-electron chi connectivity index (χ2n) is 7.55. The third kappa shape index (κ3) is 3.94. The molecule has 1 aliphatic heterocycles. The first-order valence-electron chi connectivity index (χ1n) is 9.23. The van der Waals surface area contributed by atoms with E-state index in [1.54, 1.807) is 11.8 Å². The quantitative estimate of drug-likeness (QED) is 0.331. The van der Waals surface area contributed by atoms with E-state index in [4.69, 9.17) is 22.3 Å². The van der Waals surface area contributed by atoms with Crippen molar-refractivity contribution in [3.05, 3.63) is 71.8 Å². The zero-order valence-corrected chi connectivity index (χ0v) is 17.5. The maximum Gasteiger partial charge on any atom is 0.115 e. The van der Waals surface area contributed by atoms with Gasteiger partial charge in [-0.05, 0) is 60.9 Å². The van der Waals surface area contributed by atoms with Gasteiger partial charge in [-0.25, -0.2) is 4.99 Å². The molecule has 0 bridgehead atoms. The number of nitrogens with two attached hydrogens (primary N) is 1. The molecular weight excluding hydrogens is 386 g/mol. The Hall–Kier alpha value is -2.30. The van der Waals surface area contributed by atoms with Crippen LogP contribution in [-0.2, 0) is 6.42 Å². The minimum atomic E-state index is -0.126. The second-order valence-corrected chi connectivity index (χ2v) is 8.88. The van der Waals surface area contributed by atoms with Crippen LogP contribution in [0.2, 0.25) is 0 Å². The highest BCUT2D eigenvalue weighted by Gasteiger charge is 2.28. The molecule has 0 radical (unpaired) electrons. The average Bonchev–Trinajstić information content (AvgIpc) is 2.68. The van der Waals surface area contributed by atoms with Crippen LogP contribution in [0, 0.1) is 0 Å². The van der Waals surface area contributed by atoms with E-state index in [0.29, 0.717) is 5.84 Å². The predicted molar refractivity (Wildman–Crippen MR) is 123 cm³/mol. The molecule has 0 atom stereocenters. The predicted octanol–water partition coefficient (Wildman–Crippen LogP) is 5.94. The number of amidine groups is 1. The molecule has 0 saturated carbocycles. The Balaban J connectivity index is 1.70. The number of fused-ring (bicyclic) bond motifs is 3. The van der Waals surface area contributed by atoms with Gasteiger partial charge in [0, 0.05) is 10.5 Å². The van der Waals surface area contributed by atoms with Crippen molar-refractivity contribution in [1.29, 1.82) is 0 Å². The van der Waals surface area contributed by atoms with E-state index in [1.165, 1.54) is 21.9 Å². The summed E-state index contributed by atoms with van der Waals surface area (Å²) in [6.45, 7) is 4.40. The standard InChI is InChI=1S/C23H22ClN3S/c1-23(2)13-20-18-6-4-3-5-15(18)7-12-19(20)22(27-23)28-17-10-8-16(9-11-17)26-21(25)14-24/h3-12H,13-14H2,1-2H3,(H2,25,26). The molecule has 0 amide bonds. The van der Waals surface area contributed by atoms with Gasteiger partial charge in [0.1, 0.15) is 10.9 Å². The van der Waals surface area contributed by atoms with E-state index in [-0.39, 0.29) is 11.4 Å². The van der Waals surface area contributed by atoms with Gasteiger partial charge in [0.05, 0.1) is 17.1 Å². The Morgan fingerprint density at radius 1 is 1.11 bits per heavy atom. The molecule has 3 nitrogen and oxygen atoms in total. The summed E-state index contributed by atoms with van der Waals surface area (Å²) in [7, 11) is 0. The Morgan fingerprint density at radius 3 is 2.61 bits per heavy atom. The minimum Gasteiger partial charge on any atom is -0.386 e. The monoisotopic (exact) mass is 407 g/mol. The summed E-state index contributed by atoms with van der Waals surface area (Å²) in [6, 6.07) is 21.0. The number of hydrogen-bond acceptors (Lipinski definition) is 3.